The fourth-order valence-electron chi connectivity index (χ4n) is 1.85. The van der Waals surface area contributed by atoms with Gasteiger partial charge in [-0.05, 0) is 23.8 Å². The second kappa shape index (κ2) is 6.20. The van der Waals surface area contributed by atoms with Crippen molar-refractivity contribution in [1.82, 2.24) is 0 Å². The molecule has 0 fully saturated rings. The van der Waals surface area contributed by atoms with Gasteiger partial charge in [-0.25, -0.2) is 8.42 Å². The van der Waals surface area contributed by atoms with E-state index in [-0.39, 0.29) is 5.75 Å². The van der Waals surface area contributed by atoms with E-state index in [1.54, 1.807) is 42.5 Å². The highest BCUT2D eigenvalue weighted by atomic mass is 32.2. The van der Waals surface area contributed by atoms with Gasteiger partial charge in [-0.3, -0.25) is 9.52 Å². The molecule has 0 radical (unpaired) electrons. The summed E-state index contributed by atoms with van der Waals surface area (Å²) in [5.41, 5.74) is 1.45. The van der Waals surface area contributed by atoms with Crippen LogP contribution in [0.4, 0.5) is 5.69 Å². The summed E-state index contributed by atoms with van der Waals surface area (Å²) in [5, 5.41) is 8.97. The average Bonchev–Trinajstić information content (AvgIpc) is 2.47. The first-order chi connectivity index (χ1) is 10.0. The number of hydrogen-bond donors (Lipinski definition) is 1. The van der Waals surface area contributed by atoms with Gasteiger partial charge in [0.25, 0.3) is 0 Å². The highest BCUT2D eigenvalue weighted by Gasteiger charge is 2.14. The number of rotatable bonds is 5. The fraction of sp³-hybridized carbons (Fsp3) is 0.0667. The van der Waals surface area contributed by atoms with Crippen molar-refractivity contribution in [2.75, 3.05) is 4.72 Å². The molecule has 0 saturated carbocycles. The Balaban J connectivity index is 2.23. The lowest BCUT2D eigenvalue weighted by atomic mass is 10.1. The number of carbonyl (C=O) groups is 1. The van der Waals surface area contributed by atoms with Crippen molar-refractivity contribution in [3.05, 3.63) is 65.2 Å². The zero-order valence-corrected chi connectivity index (χ0v) is 11.8. The van der Waals surface area contributed by atoms with Crippen LogP contribution in [0, 0.1) is 11.3 Å². The van der Waals surface area contributed by atoms with Crippen LogP contribution in [-0.4, -0.2) is 14.7 Å². The first kappa shape index (κ1) is 14.8. The molecular weight excluding hydrogens is 288 g/mol. The Bertz CT molecular complexity index is 808. The Kier molecular flexibility index (Phi) is 4.36. The van der Waals surface area contributed by atoms with Gasteiger partial charge in [0.15, 0.2) is 0 Å². The van der Waals surface area contributed by atoms with Gasteiger partial charge in [0.2, 0.25) is 10.0 Å². The molecule has 5 nitrogen and oxygen atoms in total. The molecule has 0 saturated heterocycles. The number of nitrogens with zero attached hydrogens (tertiary/aromatic N) is 1. The summed E-state index contributed by atoms with van der Waals surface area (Å²) in [6, 6.07) is 14.7. The fourth-order valence-corrected chi connectivity index (χ4v) is 3.07. The van der Waals surface area contributed by atoms with E-state index in [0.29, 0.717) is 28.7 Å². The second-order valence-corrected chi connectivity index (χ2v) is 6.10. The molecule has 0 bridgehead atoms. The van der Waals surface area contributed by atoms with Crippen molar-refractivity contribution in [1.29, 1.82) is 5.26 Å². The van der Waals surface area contributed by atoms with Crippen molar-refractivity contribution in [2.24, 2.45) is 0 Å². The van der Waals surface area contributed by atoms with Crippen LogP contribution in [0.5, 0.6) is 0 Å². The van der Waals surface area contributed by atoms with E-state index in [1.807, 2.05) is 6.07 Å². The quantitative estimate of drug-likeness (QED) is 0.858. The van der Waals surface area contributed by atoms with Crippen molar-refractivity contribution in [2.45, 2.75) is 5.75 Å². The molecule has 2 aromatic rings. The van der Waals surface area contributed by atoms with Gasteiger partial charge in [-0.15, -0.1) is 0 Å². The minimum atomic E-state index is -3.66. The zero-order chi connectivity index (χ0) is 15.3. The van der Waals surface area contributed by atoms with Crippen molar-refractivity contribution >= 4 is 22.0 Å². The average molecular weight is 300 g/mol. The molecule has 0 aliphatic rings. The van der Waals surface area contributed by atoms with Crippen LogP contribution in [-0.2, 0) is 15.8 Å². The molecule has 0 aliphatic heterocycles. The molecule has 0 heterocycles. The van der Waals surface area contributed by atoms with Crippen molar-refractivity contribution < 1.29 is 13.2 Å². The number of anilines is 1. The standard InChI is InChI=1S/C15H12N2O3S/c16-9-13-5-1-2-6-14(13)11-21(19,20)17-15-7-3-4-12(8-15)10-18/h1-8,10,17H,11H2. The summed E-state index contributed by atoms with van der Waals surface area (Å²) in [5.74, 6) is -0.304. The predicted octanol–water partition coefficient (Wildman–Crippen LogP) is 2.31. The number of carbonyl (C=O) groups excluding carboxylic acids is 1. The summed E-state index contributed by atoms with van der Waals surface area (Å²) in [6.45, 7) is 0. The maximum absolute atomic E-state index is 12.1. The zero-order valence-electron chi connectivity index (χ0n) is 11.0. The van der Waals surface area contributed by atoms with E-state index in [4.69, 9.17) is 5.26 Å². The minimum Gasteiger partial charge on any atom is -0.298 e. The highest BCUT2D eigenvalue weighted by Crippen LogP contribution is 2.16. The molecule has 0 amide bonds. The molecule has 0 aromatic heterocycles. The van der Waals surface area contributed by atoms with Crippen LogP contribution in [0.2, 0.25) is 0 Å². The van der Waals surface area contributed by atoms with Crippen molar-refractivity contribution in [3.63, 3.8) is 0 Å². The summed E-state index contributed by atoms with van der Waals surface area (Å²) in [7, 11) is -3.66. The maximum Gasteiger partial charge on any atom is 0.236 e. The SMILES string of the molecule is N#Cc1ccccc1CS(=O)(=O)Nc1cccc(C=O)c1. The molecule has 0 aliphatic carbocycles. The molecule has 21 heavy (non-hydrogen) atoms. The second-order valence-electron chi connectivity index (χ2n) is 4.37. The predicted molar refractivity (Wildman–Crippen MR) is 79.2 cm³/mol. The lowest BCUT2D eigenvalue weighted by Crippen LogP contribution is -2.15. The van der Waals surface area contributed by atoms with Gasteiger partial charge >= 0.3 is 0 Å². The number of hydrogen-bond acceptors (Lipinski definition) is 4. The lowest BCUT2D eigenvalue weighted by Gasteiger charge is -2.09. The number of benzene rings is 2. The van der Waals surface area contributed by atoms with Gasteiger partial charge in [-0.1, -0.05) is 30.3 Å². The molecule has 0 unspecified atom stereocenters. The van der Waals surface area contributed by atoms with Crippen LogP contribution in [0.15, 0.2) is 48.5 Å². The third-order valence-corrected chi connectivity index (χ3v) is 4.02. The Morgan fingerprint density at radius 1 is 1.14 bits per heavy atom. The van der Waals surface area contributed by atoms with E-state index >= 15 is 0 Å². The molecule has 106 valence electrons. The van der Waals surface area contributed by atoms with Gasteiger partial charge in [0, 0.05) is 11.3 Å². The molecule has 0 atom stereocenters. The maximum atomic E-state index is 12.1. The number of aldehydes is 1. The van der Waals surface area contributed by atoms with E-state index in [0.717, 1.165) is 0 Å². The number of nitrogens with one attached hydrogen (secondary N) is 1. The van der Waals surface area contributed by atoms with Gasteiger partial charge in [0.1, 0.15) is 6.29 Å². The smallest absolute Gasteiger partial charge is 0.236 e. The summed E-state index contributed by atoms with van der Waals surface area (Å²) in [6.07, 6.45) is 0.642. The summed E-state index contributed by atoms with van der Waals surface area (Å²) >= 11 is 0. The molecule has 0 spiro atoms. The van der Waals surface area contributed by atoms with Crippen molar-refractivity contribution in [3.8, 4) is 6.07 Å². The van der Waals surface area contributed by atoms with Crippen LogP contribution in [0.25, 0.3) is 0 Å². The molecule has 6 heteroatoms. The monoisotopic (exact) mass is 300 g/mol. The molecule has 2 rings (SSSR count). The van der Waals surface area contributed by atoms with Crippen LogP contribution in [0.3, 0.4) is 0 Å². The van der Waals surface area contributed by atoms with Crippen LogP contribution < -0.4 is 4.72 Å². The minimum absolute atomic E-state index is 0.304. The Hall–Kier alpha value is -2.65. The third kappa shape index (κ3) is 3.91. The van der Waals surface area contributed by atoms with E-state index in [2.05, 4.69) is 4.72 Å². The van der Waals surface area contributed by atoms with Gasteiger partial charge < -0.3 is 0 Å². The van der Waals surface area contributed by atoms with E-state index in [1.165, 1.54) is 6.07 Å². The lowest BCUT2D eigenvalue weighted by molar-refractivity contribution is 0.112. The first-order valence-corrected chi connectivity index (χ1v) is 7.73. The Morgan fingerprint density at radius 2 is 1.90 bits per heavy atom. The summed E-state index contributed by atoms with van der Waals surface area (Å²) < 4.78 is 26.7. The normalized spacial score (nSPS) is 10.6. The van der Waals surface area contributed by atoms with E-state index in [9.17, 15) is 13.2 Å². The van der Waals surface area contributed by atoms with E-state index < -0.39 is 10.0 Å². The summed E-state index contributed by atoms with van der Waals surface area (Å²) in [4.78, 5) is 10.7. The largest absolute Gasteiger partial charge is 0.298 e. The Labute approximate surface area is 122 Å². The van der Waals surface area contributed by atoms with Gasteiger partial charge in [-0.2, -0.15) is 5.26 Å². The Morgan fingerprint density at radius 3 is 2.62 bits per heavy atom. The number of sulfonamides is 1. The highest BCUT2D eigenvalue weighted by molar-refractivity contribution is 7.91. The number of nitriles is 1. The topological polar surface area (TPSA) is 87.0 Å². The van der Waals surface area contributed by atoms with Crippen LogP contribution >= 0.6 is 0 Å². The van der Waals surface area contributed by atoms with Crippen LogP contribution in [0.1, 0.15) is 21.5 Å². The molecule has 2 aromatic carbocycles. The first-order valence-electron chi connectivity index (χ1n) is 6.08. The van der Waals surface area contributed by atoms with Gasteiger partial charge in [0.05, 0.1) is 17.4 Å². The molecule has 1 N–H and O–H groups in total. The molecular formula is C15H12N2O3S. The third-order valence-electron chi connectivity index (χ3n) is 2.78.